The number of methoxy groups -OCH3 is 1. The van der Waals surface area contributed by atoms with E-state index in [2.05, 4.69) is 9.55 Å². The Balaban J connectivity index is 1.62. The van der Waals surface area contributed by atoms with Gasteiger partial charge < -0.3 is 9.30 Å². The number of anilines is 1. The third-order valence-corrected chi connectivity index (χ3v) is 5.22. The van der Waals surface area contributed by atoms with Crippen LogP contribution < -0.4 is 9.64 Å². The number of nitrogens with zero attached hydrogens (tertiary/aromatic N) is 3. The van der Waals surface area contributed by atoms with Crippen LogP contribution in [0, 0.1) is 0 Å². The summed E-state index contributed by atoms with van der Waals surface area (Å²) in [6.45, 7) is 0.404. The maximum absolute atomic E-state index is 13.3. The van der Waals surface area contributed by atoms with Gasteiger partial charge >= 0.3 is 0 Å². The zero-order valence-electron chi connectivity index (χ0n) is 15.9. The van der Waals surface area contributed by atoms with Crippen molar-refractivity contribution in [2.75, 3.05) is 12.0 Å². The first-order valence-corrected chi connectivity index (χ1v) is 9.42. The van der Waals surface area contributed by atoms with E-state index in [9.17, 15) is 4.79 Å². The van der Waals surface area contributed by atoms with Crippen molar-refractivity contribution in [3.05, 3.63) is 90.6 Å². The van der Waals surface area contributed by atoms with E-state index in [1.165, 1.54) is 0 Å². The predicted octanol–water partition coefficient (Wildman–Crippen LogP) is 4.84. The van der Waals surface area contributed by atoms with Crippen molar-refractivity contribution in [2.24, 2.45) is 0 Å². The molecule has 0 bridgehead atoms. The summed E-state index contributed by atoms with van der Waals surface area (Å²) in [7, 11) is 1.65. The number of para-hydroxylation sites is 1. The van der Waals surface area contributed by atoms with Crippen LogP contribution in [0.5, 0.6) is 5.75 Å². The van der Waals surface area contributed by atoms with Gasteiger partial charge in [0, 0.05) is 16.7 Å². The Bertz CT molecular complexity index is 1180. The number of carbonyl (C=O) groups is 1. The molecule has 142 valence electrons. The summed E-state index contributed by atoms with van der Waals surface area (Å²) in [6, 6.07) is 25.1. The summed E-state index contributed by atoms with van der Waals surface area (Å²) in [5, 5.41) is 0. The maximum Gasteiger partial charge on any atom is 0.259 e. The number of rotatable bonds is 3. The second-order valence-electron chi connectivity index (χ2n) is 6.88. The number of imidazole rings is 1. The van der Waals surface area contributed by atoms with Gasteiger partial charge in [0.15, 0.2) is 0 Å². The zero-order chi connectivity index (χ0) is 19.8. The molecule has 2 heterocycles. The number of hydrogen-bond donors (Lipinski definition) is 0. The van der Waals surface area contributed by atoms with E-state index in [0.717, 1.165) is 34.1 Å². The molecule has 0 spiro atoms. The van der Waals surface area contributed by atoms with Crippen LogP contribution in [0.25, 0.3) is 22.6 Å². The van der Waals surface area contributed by atoms with Crippen LogP contribution in [-0.2, 0) is 6.67 Å². The Labute approximate surface area is 168 Å². The Hall–Kier alpha value is -3.86. The third-order valence-electron chi connectivity index (χ3n) is 5.22. The maximum atomic E-state index is 13.3. The van der Waals surface area contributed by atoms with Crippen LogP contribution >= 0.6 is 0 Å². The fourth-order valence-electron chi connectivity index (χ4n) is 3.76. The lowest BCUT2D eigenvalue weighted by Gasteiger charge is -2.31. The molecular formula is C24H19N3O2. The van der Waals surface area contributed by atoms with Crippen molar-refractivity contribution in [2.45, 2.75) is 6.67 Å². The van der Waals surface area contributed by atoms with E-state index >= 15 is 0 Å². The molecule has 5 heteroatoms. The van der Waals surface area contributed by atoms with Crippen LogP contribution in [0.15, 0.2) is 85.1 Å². The minimum atomic E-state index is -0.0296. The predicted molar refractivity (Wildman–Crippen MR) is 113 cm³/mol. The Morgan fingerprint density at radius 2 is 1.66 bits per heavy atom. The Kier molecular flexibility index (Phi) is 4.13. The van der Waals surface area contributed by atoms with Crippen molar-refractivity contribution < 1.29 is 9.53 Å². The van der Waals surface area contributed by atoms with Crippen molar-refractivity contribution in [3.63, 3.8) is 0 Å². The van der Waals surface area contributed by atoms with Gasteiger partial charge in [0.1, 0.15) is 18.2 Å². The number of ether oxygens (including phenoxy) is 1. The lowest BCUT2D eigenvalue weighted by Crippen LogP contribution is -2.36. The molecule has 0 saturated heterocycles. The lowest BCUT2D eigenvalue weighted by molar-refractivity contribution is 0.0979. The fraction of sp³-hybridized carbons (Fsp3) is 0.0833. The normalized spacial score (nSPS) is 12.2. The van der Waals surface area contributed by atoms with E-state index in [-0.39, 0.29) is 5.91 Å². The van der Waals surface area contributed by atoms with Gasteiger partial charge in [-0.05, 0) is 42.5 Å². The van der Waals surface area contributed by atoms with Gasteiger partial charge in [0.25, 0.3) is 5.91 Å². The van der Waals surface area contributed by atoms with Gasteiger partial charge in [0.2, 0.25) is 0 Å². The molecule has 4 aromatic rings. The lowest BCUT2D eigenvalue weighted by atomic mass is 10.1. The summed E-state index contributed by atoms with van der Waals surface area (Å²) in [5.41, 5.74) is 4.54. The SMILES string of the molecule is COc1ccc(-c2ncc3n2CN(C(=O)c2ccccc2)c2ccccc2-3)cc1. The van der Waals surface area contributed by atoms with Crippen LogP contribution in [0.4, 0.5) is 5.69 Å². The molecule has 1 aliphatic rings. The zero-order valence-corrected chi connectivity index (χ0v) is 15.9. The topological polar surface area (TPSA) is 47.4 Å². The number of benzene rings is 3. The standard InChI is InChI=1S/C24H19N3O2/c1-29-19-13-11-17(12-14-19)23-25-15-22-20-9-5-6-10-21(20)27(16-26(22)23)24(28)18-7-3-2-4-8-18/h2-15H,16H2,1H3. The largest absolute Gasteiger partial charge is 0.497 e. The molecule has 5 rings (SSSR count). The third kappa shape index (κ3) is 2.88. The molecule has 5 nitrogen and oxygen atoms in total. The number of fused-ring (bicyclic) bond motifs is 3. The first-order chi connectivity index (χ1) is 14.3. The monoisotopic (exact) mass is 381 g/mol. The van der Waals surface area contributed by atoms with Crippen LogP contribution in [0.2, 0.25) is 0 Å². The highest BCUT2D eigenvalue weighted by molar-refractivity contribution is 6.08. The van der Waals surface area contributed by atoms with E-state index in [1.807, 2.05) is 90.0 Å². The molecule has 1 aromatic heterocycles. The molecule has 29 heavy (non-hydrogen) atoms. The van der Waals surface area contributed by atoms with Crippen LogP contribution in [0.3, 0.4) is 0 Å². The Morgan fingerprint density at radius 1 is 0.931 bits per heavy atom. The molecule has 0 N–H and O–H groups in total. The van der Waals surface area contributed by atoms with Crippen LogP contribution in [-0.4, -0.2) is 22.6 Å². The van der Waals surface area contributed by atoms with Gasteiger partial charge in [0.05, 0.1) is 24.7 Å². The molecule has 0 fully saturated rings. The van der Waals surface area contributed by atoms with E-state index in [1.54, 1.807) is 7.11 Å². The molecule has 0 aliphatic carbocycles. The summed E-state index contributed by atoms with van der Waals surface area (Å²) >= 11 is 0. The molecule has 1 amide bonds. The van der Waals surface area contributed by atoms with Gasteiger partial charge in [-0.15, -0.1) is 0 Å². The van der Waals surface area contributed by atoms with Crippen molar-refractivity contribution in [1.82, 2.24) is 9.55 Å². The number of aromatic nitrogens is 2. The summed E-state index contributed by atoms with van der Waals surface area (Å²) < 4.78 is 7.35. The van der Waals surface area contributed by atoms with E-state index in [0.29, 0.717) is 12.2 Å². The molecule has 1 aliphatic heterocycles. The van der Waals surface area contributed by atoms with Gasteiger partial charge in [-0.3, -0.25) is 9.69 Å². The summed E-state index contributed by atoms with van der Waals surface area (Å²) in [5.74, 6) is 1.59. The smallest absolute Gasteiger partial charge is 0.259 e. The van der Waals surface area contributed by atoms with E-state index in [4.69, 9.17) is 4.74 Å². The highest BCUT2D eigenvalue weighted by atomic mass is 16.5. The summed E-state index contributed by atoms with van der Waals surface area (Å²) in [6.07, 6.45) is 1.88. The summed E-state index contributed by atoms with van der Waals surface area (Å²) in [4.78, 5) is 19.8. The van der Waals surface area contributed by atoms with Crippen molar-refractivity contribution in [1.29, 1.82) is 0 Å². The average molecular weight is 381 g/mol. The molecule has 0 saturated carbocycles. The molecule has 3 aromatic carbocycles. The van der Waals surface area contributed by atoms with Crippen molar-refractivity contribution >= 4 is 11.6 Å². The molecule has 0 unspecified atom stereocenters. The van der Waals surface area contributed by atoms with Gasteiger partial charge in [-0.1, -0.05) is 36.4 Å². The molecule has 0 radical (unpaired) electrons. The fourth-order valence-corrected chi connectivity index (χ4v) is 3.76. The number of carbonyl (C=O) groups excluding carboxylic acids is 1. The van der Waals surface area contributed by atoms with Gasteiger partial charge in [-0.2, -0.15) is 0 Å². The average Bonchev–Trinajstić information content (AvgIpc) is 3.23. The van der Waals surface area contributed by atoms with Crippen molar-refractivity contribution in [3.8, 4) is 28.4 Å². The Morgan fingerprint density at radius 3 is 2.41 bits per heavy atom. The first kappa shape index (κ1) is 17.3. The quantitative estimate of drug-likeness (QED) is 0.510. The van der Waals surface area contributed by atoms with Crippen LogP contribution in [0.1, 0.15) is 10.4 Å². The first-order valence-electron chi connectivity index (χ1n) is 9.42. The highest BCUT2D eigenvalue weighted by Gasteiger charge is 2.29. The number of hydrogen-bond acceptors (Lipinski definition) is 3. The minimum Gasteiger partial charge on any atom is -0.497 e. The minimum absolute atomic E-state index is 0.0296. The second kappa shape index (κ2) is 6.95. The second-order valence-corrected chi connectivity index (χ2v) is 6.88. The van der Waals surface area contributed by atoms with Gasteiger partial charge in [-0.25, -0.2) is 4.98 Å². The number of amides is 1. The molecular weight excluding hydrogens is 362 g/mol. The highest BCUT2D eigenvalue weighted by Crippen LogP contribution is 2.39. The molecule has 0 atom stereocenters. The van der Waals surface area contributed by atoms with E-state index < -0.39 is 0 Å².